The van der Waals surface area contributed by atoms with Gasteiger partial charge in [-0.2, -0.15) is 14.3 Å². The van der Waals surface area contributed by atoms with E-state index in [0.717, 1.165) is 36.5 Å². The summed E-state index contributed by atoms with van der Waals surface area (Å²) in [5.74, 6) is 0.647. The molecule has 41 heteroatoms. The number of phosphoric ester groups is 2. The molecule has 0 bridgehead atoms. The monoisotopic (exact) mass is 1260 g/mol. The molecule has 11 atom stereocenters. The number of methoxy groups -OCH3 is 1. The van der Waals surface area contributed by atoms with Crippen molar-refractivity contribution in [3.63, 3.8) is 0 Å². The number of nitrogen functional groups attached to an aromatic ring is 1. The van der Waals surface area contributed by atoms with E-state index >= 15 is 0 Å². The van der Waals surface area contributed by atoms with Gasteiger partial charge in [-0.25, -0.2) is 42.9 Å². The SMILES string of the molecule is CNc1nc2nc(-c3ccc(P(=O)(O)OP(=O)(O)OP(=O)(O)OC[C@H]4OCC(OC)(n5cnc6c(NC)ncnc65)C4OP(=O)(O)OC[C@H]4O[C@@H](n5cnc6c(=O)[nH]c(N)nc65)C(O)C4O)cc3)n(CCOc3ccc(Cl)cc3)c2c(=O)[nH]1. The normalized spacial score (nSPS) is 23.9. The van der Waals surface area contributed by atoms with Crippen LogP contribution in [0, 0.1) is 0 Å². The van der Waals surface area contributed by atoms with Crippen LogP contribution in [0.2, 0.25) is 5.02 Å². The highest BCUT2D eigenvalue weighted by molar-refractivity contribution is 7.71. The maximum absolute atomic E-state index is 14.0. The number of nitrogens with zero attached hydrogens (tertiary/aromatic N) is 10. The fourth-order valence-corrected chi connectivity index (χ4v) is 14.1. The summed E-state index contributed by atoms with van der Waals surface area (Å²) in [4.78, 5) is 104. The van der Waals surface area contributed by atoms with Crippen LogP contribution in [0.5, 0.6) is 5.75 Å². The van der Waals surface area contributed by atoms with Gasteiger partial charge in [0.05, 0.1) is 44.3 Å². The molecule has 8 unspecified atom stereocenters. The van der Waals surface area contributed by atoms with Crippen LogP contribution in [-0.4, -0.2) is 166 Å². The number of imidazole rings is 3. The van der Waals surface area contributed by atoms with Crippen molar-refractivity contribution in [2.45, 2.75) is 49.0 Å². The first-order valence-corrected chi connectivity index (χ1v) is 30.5. The number of aliphatic hydroxyl groups excluding tert-OH is 2. The van der Waals surface area contributed by atoms with Gasteiger partial charge in [0.2, 0.25) is 11.9 Å². The molecule has 10 rings (SSSR count). The average Bonchev–Trinajstić information content (AvgIpc) is 2.34. The predicted molar refractivity (Wildman–Crippen MR) is 286 cm³/mol. The van der Waals surface area contributed by atoms with Gasteiger partial charge in [0, 0.05) is 31.8 Å². The lowest BCUT2D eigenvalue weighted by Crippen LogP contribution is -2.49. The number of H-pyrrole nitrogens is 2. The minimum absolute atomic E-state index is 0.0224. The van der Waals surface area contributed by atoms with Crippen LogP contribution in [0.3, 0.4) is 0 Å². The molecule has 2 saturated heterocycles. The van der Waals surface area contributed by atoms with E-state index in [2.05, 4.69) is 64.1 Å². The van der Waals surface area contributed by atoms with Gasteiger partial charge in [0.25, 0.3) is 11.1 Å². The maximum Gasteiger partial charge on any atom is 0.488 e. The second kappa shape index (κ2) is 23.2. The number of benzene rings is 2. The molecule has 0 spiro atoms. The van der Waals surface area contributed by atoms with Gasteiger partial charge < -0.3 is 69.7 Å². The highest BCUT2D eigenvalue weighted by Crippen LogP contribution is 2.67. The first-order chi connectivity index (χ1) is 39.3. The predicted octanol–water partition coefficient (Wildman–Crippen LogP) is 1.04. The van der Waals surface area contributed by atoms with E-state index in [9.17, 15) is 57.6 Å². The highest BCUT2D eigenvalue weighted by Gasteiger charge is 2.58. The minimum Gasteiger partial charge on any atom is -0.492 e. The molecule has 2 aliphatic heterocycles. The number of aromatic nitrogens is 12. The molecule has 36 nitrogen and oxygen atoms in total. The number of nitrogens with two attached hydrogens (primary N) is 1. The number of halogens is 1. The standard InChI is InChI=1S/C42H48ClN15O21P4/c1-45-32-26-35(48-17-47-32)58(19-50-26)42(71-3)16-73-25(31(42)77-81(65,66)74-14-24-29(59)30(60)39(76-24)57-18-49-27-36(57)53-40(44)54-37(27)61)15-75-82(67,68)79-83(69,70)78-80(63,64)23-10-4-20(5-11-23)34-51-33-28(38(62)55-41(46-2)52-33)56(34)12-13-72-22-8-6-21(43)7-9-22/h4-11,17-19,24-25,29-31,39,59-60H,12-16H2,1-3H3,(H,63,64)(H,65,66)(H,67,68)(H,69,70)(H,45,47,48)(H3,44,53,54,61)(H2,46,52,55,62)/t24-,25-,29?,30?,31?,39-,42?/m1/s1. The molecule has 2 aromatic carbocycles. The zero-order valence-corrected chi connectivity index (χ0v) is 47.2. The fourth-order valence-electron chi connectivity index (χ4n) is 9.02. The molecule has 0 saturated carbocycles. The Morgan fingerprint density at radius 1 is 0.807 bits per heavy atom. The van der Waals surface area contributed by atoms with E-state index in [1.54, 1.807) is 24.3 Å². The second-order valence-electron chi connectivity index (χ2n) is 18.0. The van der Waals surface area contributed by atoms with Crippen LogP contribution < -0.4 is 37.5 Å². The molecule has 8 aromatic rings. The number of hydrogen-bond acceptors (Lipinski definition) is 27. The summed E-state index contributed by atoms with van der Waals surface area (Å²) in [6.07, 6.45) is -7.02. The Hall–Kier alpha value is -6.46. The van der Waals surface area contributed by atoms with Crippen molar-refractivity contribution < 1.29 is 89.2 Å². The molecule has 444 valence electrons. The van der Waals surface area contributed by atoms with Crippen LogP contribution in [-0.2, 0) is 66.9 Å². The molecule has 12 N–H and O–H groups in total. The summed E-state index contributed by atoms with van der Waals surface area (Å²) >= 11 is 5.99. The lowest BCUT2D eigenvalue weighted by Gasteiger charge is -2.35. The number of fused-ring (bicyclic) bond motifs is 3. The fraction of sp³-hybridized carbons (Fsp3) is 0.357. The molecule has 0 amide bonds. The number of nitrogens with one attached hydrogen (secondary N) is 4. The van der Waals surface area contributed by atoms with E-state index in [1.807, 2.05) is 0 Å². The number of phosphoric acid groups is 3. The smallest absolute Gasteiger partial charge is 0.488 e. The number of rotatable bonds is 23. The van der Waals surface area contributed by atoms with Crippen LogP contribution in [0.25, 0.3) is 44.9 Å². The highest BCUT2D eigenvalue weighted by atomic mass is 35.5. The van der Waals surface area contributed by atoms with Gasteiger partial charge in [-0.3, -0.25) is 46.8 Å². The summed E-state index contributed by atoms with van der Waals surface area (Å²) in [6, 6.07) is 11.1. The summed E-state index contributed by atoms with van der Waals surface area (Å²) < 4.78 is 106. The van der Waals surface area contributed by atoms with Crippen molar-refractivity contribution in [1.82, 2.24) is 58.6 Å². The van der Waals surface area contributed by atoms with Crippen molar-refractivity contribution in [2.24, 2.45) is 0 Å². The quantitative estimate of drug-likeness (QED) is 0.0399. The third-order valence-electron chi connectivity index (χ3n) is 12.9. The van der Waals surface area contributed by atoms with E-state index in [1.165, 1.54) is 41.7 Å². The molecule has 8 heterocycles. The summed E-state index contributed by atoms with van der Waals surface area (Å²) in [7, 11) is -18.8. The molecule has 2 aliphatic rings. The number of aromatic amines is 2. The maximum atomic E-state index is 14.0. The van der Waals surface area contributed by atoms with Crippen LogP contribution in [0.4, 0.5) is 17.7 Å². The van der Waals surface area contributed by atoms with Gasteiger partial charge >= 0.3 is 31.1 Å². The van der Waals surface area contributed by atoms with Gasteiger partial charge in [-0.15, -0.1) is 0 Å². The van der Waals surface area contributed by atoms with Crippen LogP contribution >= 0.6 is 42.7 Å². The molecule has 0 radical (unpaired) electrons. The van der Waals surface area contributed by atoms with Gasteiger partial charge in [0.1, 0.15) is 55.0 Å². The molecule has 0 aliphatic carbocycles. The Labute approximate surface area is 468 Å². The number of hydrogen-bond donors (Lipinski definition) is 11. The summed E-state index contributed by atoms with van der Waals surface area (Å²) in [6.45, 7) is -2.76. The van der Waals surface area contributed by atoms with Gasteiger partial charge in [-0.05, 0) is 36.4 Å². The van der Waals surface area contributed by atoms with E-state index in [-0.39, 0.29) is 75.7 Å². The Kier molecular flexibility index (Phi) is 16.7. The van der Waals surface area contributed by atoms with Gasteiger partial charge in [0.15, 0.2) is 51.3 Å². The Balaban J connectivity index is 0.842. The van der Waals surface area contributed by atoms with Crippen molar-refractivity contribution >= 4 is 99.2 Å². The molecule has 83 heavy (non-hydrogen) atoms. The average molecular weight is 1260 g/mol. The number of anilines is 3. The largest absolute Gasteiger partial charge is 0.492 e. The van der Waals surface area contributed by atoms with Gasteiger partial charge in [-0.1, -0.05) is 23.7 Å². The van der Waals surface area contributed by atoms with Crippen molar-refractivity contribution in [3.05, 3.63) is 93.2 Å². The molecule has 6 aromatic heterocycles. The van der Waals surface area contributed by atoms with E-state index < -0.39 is 110 Å². The Morgan fingerprint density at radius 3 is 2.23 bits per heavy atom. The minimum atomic E-state index is -6.09. The first-order valence-electron chi connectivity index (χ1n) is 24.0. The zero-order valence-electron chi connectivity index (χ0n) is 42.9. The molecule has 2 fully saturated rings. The summed E-state index contributed by atoms with van der Waals surface area (Å²) in [5.41, 5.74) is 2.47. The third kappa shape index (κ3) is 12.1. The lowest BCUT2D eigenvalue weighted by molar-refractivity contribution is -0.135. The lowest BCUT2D eigenvalue weighted by atomic mass is 10.1. The first kappa shape index (κ1) is 59.7. The second-order valence-corrected chi connectivity index (χ2v) is 24.8. The van der Waals surface area contributed by atoms with Crippen LogP contribution in [0.15, 0.2) is 77.1 Å². The topological polar surface area (TPSA) is 494 Å². The molecular weight excluding hydrogens is 1210 g/mol. The molecular formula is C42H48ClN15O21P4. The van der Waals surface area contributed by atoms with E-state index in [0.29, 0.717) is 10.8 Å². The number of aliphatic hydroxyl groups is 2. The van der Waals surface area contributed by atoms with Crippen molar-refractivity contribution in [3.8, 4) is 17.1 Å². The van der Waals surface area contributed by atoms with Crippen molar-refractivity contribution in [1.29, 1.82) is 0 Å². The zero-order chi connectivity index (χ0) is 59.4. The third-order valence-corrected chi connectivity index (χ3v) is 18.9. The van der Waals surface area contributed by atoms with Crippen LogP contribution in [0.1, 0.15) is 6.23 Å². The van der Waals surface area contributed by atoms with E-state index in [4.69, 9.17) is 49.9 Å². The van der Waals surface area contributed by atoms with Crippen molar-refractivity contribution in [2.75, 3.05) is 64.0 Å². The summed E-state index contributed by atoms with van der Waals surface area (Å²) in [5, 5.41) is 27.4. The number of ether oxygens (including phenoxy) is 4. The Bertz CT molecular complexity index is 4060. The Morgan fingerprint density at radius 2 is 1.52 bits per heavy atom.